The van der Waals surface area contributed by atoms with Gasteiger partial charge in [0, 0.05) is 32.2 Å². The van der Waals surface area contributed by atoms with Gasteiger partial charge in [0.15, 0.2) is 5.76 Å². The number of amides is 1. The average Bonchev–Trinajstić information content (AvgIpc) is 3.48. The van der Waals surface area contributed by atoms with E-state index in [1.165, 1.54) is 29.7 Å². The number of carbonyl (C=O) groups excluding carboxylic acids is 1. The minimum absolute atomic E-state index is 0.0771. The Morgan fingerprint density at radius 2 is 1.78 bits per heavy atom. The summed E-state index contributed by atoms with van der Waals surface area (Å²) in [7, 11) is 0. The molecule has 0 spiro atoms. The van der Waals surface area contributed by atoms with Crippen molar-refractivity contribution in [3.8, 4) is 5.75 Å². The van der Waals surface area contributed by atoms with E-state index in [4.69, 9.17) is 13.6 Å². The van der Waals surface area contributed by atoms with Gasteiger partial charge in [-0.3, -0.25) is 14.5 Å². The first kappa shape index (κ1) is 20.6. The van der Waals surface area contributed by atoms with Crippen LogP contribution in [0.25, 0.3) is 0 Å². The maximum atomic E-state index is 12.5. The smallest absolute Gasteiger partial charge is 0.289 e. The Bertz CT molecular complexity index is 1100. The second kappa shape index (κ2) is 9.04. The SMILES string of the molecule is O=C(c1ccco1)N1CCC(COc2coc(CN3Cc4ccccc4C3)cc2=O)CC1. The minimum atomic E-state index is -0.159. The number of benzene rings is 1. The number of ether oxygens (including phenoxy) is 1. The third kappa shape index (κ3) is 4.48. The Morgan fingerprint density at radius 1 is 1.03 bits per heavy atom. The fourth-order valence-corrected chi connectivity index (χ4v) is 4.43. The van der Waals surface area contributed by atoms with Gasteiger partial charge in [0.2, 0.25) is 11.2 Å². The number of hydrogen-bond acceptors (Lipinski definition) is 6. The van der Waals surface area contributed by atoms with E-state index in [1.54, 1.807) is 17.0 Å². The second-order valence-corrected chi connectivity index (χ2v) is 8.51. The number of furan rings is 1. The van der Waals surface area contributed by atoms with Crippen LogP contribution < -0.4 is 10.2 Å². The average molecular weight is 434 g/mol. The van der Waals surface area contributed by atoms with Gasteiger partial charge in [-0.15, -0.1) is 0 Å². The molecule has 1 saturated heterocycles. The number of likely N-dealkylation sites (tertiary alicyclic amines) is 1. The number of hydrogen-bond donors (Lipinski definition) is 0. The summed E-state index contributed by atoms with van der Waals surface area (Å²) in [4.78, 5) is 28.9. The van der Waals surface area contributed by atoms with Crippen molar-refractivity contribution in [3.63, 3.8) is 0 Å². The summed E-state index contributed by atoms with van der Waals surface area (Å²) >= 11 is 0. The Balaban J connectivity index is 1.10. The molecular formula is C25H26N2O5. The molecule has 0 aliphatic carbocycles. The van der Waals surface area contributed by atoms with Gasteiger partial charge in [0.05, 0.1) is 19.4 Å². The fraction of sp³-hybridized carbons (Fsp3) is 0.360. The summed E-state index contributed by atoms with van der Waals surface area (Å²) < 4.78 is 16.7. The van der Waals surface area contributed by atoms with Gasteiger partial charge >= 0.3 is 0 Å². The summed E-state index contributed by atoms with van der Waals surface area (Å²) in [5.74, 6) is 1.46. The molecule has 166 valence electrons. The van der Waals surface area contributed by atoms with Crippen LogP contribution in [0.1, 0.15) is 40.3 Å². The first-order chi connectivity index (χ1) is 15.7. The summed E-state index contributed by atoms with van der Waals surface area (Å²) in [6.45, 7) is 4.05. The van der Waals surface area contributed by atoms with Crippen molar-refractivity contribution >= 4 is 5.91 Å². The van der Waals surface area contributed by atoms with Crippen LogP contribution in [-0.2, 0) is 19.6 Å². The zero-order valence-corrected chi connectivity index (χ0v) is 17.9. The Kier molecular flexibility index (Phi) is 5.81. The maximum absolute atomic E-state index is 12.5. The molecule has 1 aromatic carbocycles. The van der Waals surface area contributed by atoms with Crippen LogP contribution in [-0.4, -0.2) is 35.4 Å². The predicted octanol–water partition coefficient (Wildman–Crippen LogP) is 3.68. The largest absolute Gasteiger partial charge is 0.486 e. The predicted molar refractivity (Wildman–Crippen MR) is 117 cm³/mol. The van der Waals surface area contributed by atoms with E-state index in [9.17, 15) is 9.59 Å². The molecule has 1 amide bonds. The number of carbonyl (C=O) groups is 1. The molecule has 4 heterocycles. The van der Waals surface area contributed by atoms with E-state index in [0.717, 1.165) is 25.9 Å². The lowest BCUT2D eigenvalue weighted by Crippen LogP contribution is -2.39. The van der Waals surface area contributed by atoms with Gasteiger partial charge < -0.3 is 18.5 Å². The molecule has 0 unspecified atom stereocenters. The second-order valence-electron chi connectivity index (χ2n) is 8.51. The molecule has 0 atom stereocenters. The molecule has 32 heavy (non-hydrogen) atoms. The number of fused-ring (bicyclic) bond motifs is 1. The monoisotopic (exact) mass is 434 g/mol. The third-order valence-electron chi connectivity index (χ3n) is 6.25. The molecule has 2 aliphatic heterocycles. The first-order valence-corrected chi connectivity index (χ1v) is 11.0. The lowest BCUT2D eigenvalue weighted by molar-refractivity contribution is 0.0629. The lowest BCUT2D eigenvalue weighted by atomic mass is 9.97. The summed E-state index contributed by atoms with van der Waals surface area (Å²) in [5.41, 5.74) is 2.49. The van der Waals surface area contributed by atoms with Crippen molar-refractivity contribution in [2.24, 2.45) is 5.92 Å². The van der Waals surface area contributed by atoms with Gasteiger partial charge in [-0.1, -0.05) is 24.3 Å². The zero-order valence-electron chi connectivity index (χ0n) is 17.9. The van der Waals surface area contributed by atoms with Crippen LogP contribution in [0.5, 0.6) is 5.75 Å². The molecule has 1 fully saturated rings. The molecule has 2 aromatic heterocycles. The van der Waals surface area contributed by atoms with E-state index in [2.05, 4.69) is 29.2 Å². The minimum Gasteiger partial charge on any atom is -0.486 e. The fourth-order valence-electron chi connectivity index (χ4n) is 4.43. The number of nitrogens with zero attached hydrogens (tertiary/aromatic N) is 2. The first-order valence-electron chi connectivity index (χ1n) is 11.0. The molecular weight excluding hydrogens is 408 g/mol. The van der Waals surface area contributed by atoms with E-state index in [1.807, 2.05) is 0 Å². The highest BCUT2D eigenvalue weighted by Crippen LogP contribution is 2.24. The molecule has 7 heteroatoms. The quantitative estimate of drug-likeness (QED) is 0.589. The molecule has 2 aliphatic rings. The van der Waals surface area contributed by atoms with E-state index in [0.29, 0.717) is 37.8 Å². The van der Waals surface area contributed by atoms with Crippen molar-refractivity contribution in [3.05, 3.63) is 87.9 Å². The molecule has 7 nitrogen and oxygen atoms in total. The molecule has 0 radical (unpaired) electrons. The van der Waals surface area contributed by atoms with Crippen LogP contribution in [0.4, 0.5) is 0 Å². The number of piperidine rings is 1. The Morgan fingerprint density at radius 3 is 2.44 bits per heavy atom. The van der Waals surface area contributed by atoms with Crippen molar-refractivity contribution in [1.29, 1.82) is 0 Å². The van der Waals surface area contributed by atoms with Crippen LogP contribution in [0.15, 0.2) is 68.6 Å². The summed E-state index contributed by atoms with van der Waals surface area (Å²) in [5, 5.41) is 0. The highest BCUT2D eigenvalue weighted by atomic mass is 16.5. The molecule has 0 bridgehead atoms. The Hall–Kier alpha value is -3.32. The summed E-state index contributed by atoms with van der Waals surface area (Å²) in [6.07, 6.45) is 4.59. The highest BCUT2D eigenvalue weighted by Gasteiger charge is 2.26. The van der Waals surface area contributed by atoms with Crippen LogP contribution >= 0.6 is 0 Å². The van der Waals surface area contributed by atoms with Gasteiger partial charge in [0.25, 0.3) is 5.91 Å². The highest BCUT2D eigenvalue weighted by molar-refractivity contribution is 5.91. The van der Waals surface area contributed by atoms with Crippen LogP contribution in [0.3, 0.4) is 0 Å². The van der Waals surface area contributed by atoms with Crippen molar-refractivity contribution in [1.82, 2.24) is 9.80 Å². The van der Waals surface area contributed by atoms with Crippen LogP contribution in [0, 0.1) is 5.92 Å². The third-order valence-corrected chi connectivity index (χ3v) is 6.25. The van der Waals surface area contributed by atoms with Gasteiger partial charge in [-0.05, 0) is 42.0 Å². The van der Waals surface area contributed by atoms with Crippen molar-refractivity contribution < 1.29 is 18.4 Å². The van der Waals surface area contributed by atoms with Crippen molar-refractivity contribution in [2.75, 3.05) is 19.7 Å². The molecule has 0 saturated carbocycles. The lowest BCUT2D eigenvalue weighted by Gasteiger charge is -2.31. The number of rotatable bonds is 6. The molecule has 5 rings (SSSR count). The van der Waals surface area contributed by atoms with Gasteiger partial charge in [-0.2, -0.15) is 0 Å². The topological polar surface area (TPSA) is 76.1 Å². The standard InChI is InChI=1S/C25H26N2O5/c28-22-12-21(15-26-13-19-4-1-2-5-20(19)14-26)31-17-24(22)32-16-18-7-9-27(10-8-18)25(29)23-6-3-11-30-23/h1-6,11-12,17-18H,7-10,13-16H2. The molecule has 3 aromatic rings. The normalized spacial score (nSPS) is 16.8. The van der Waals surface area contributed by atoms with E-state index >= 15 is 0 Å². The Labute approximate surface area is 186 Å². The molecule has 0 N–H and O–H groups in total. The van der Waals surface area contributed by atoms with Crippen LogP contribution in [0.2, 0.25) is 0 Å². The van der Waals surface area contributed by atoms with E-state index in [-0.39, 0.29) is 23.0 Å². The van der Waals surface area contributed by atoms with Gasteiger partial charge in [-0.25, -0.2) is 0 Å². The van der Waals surface area contributed by atoms with E-state index < -0.39 is 0 Å². The summed E-state index contributed by atoms with van der Waals surface area (Å²) in [6, 6.07) is 13.3. The van der Waals surface area contributed by atoms with Crippen molar-refractivity contribution in [2.45, 2.75) is 32.5 Å². The van der Waals surface area contributed by atoms with Gasteiger partial charge in [0.1, 0.15) is 12.0 Å². The maximum Gasteiger partial charge on any atom is 0.289 e. The zero-order chi connectivity index (χ0) is 21.9.